The third-order valence-electron chi connectivity index (χ3n) is 3.10. The maximum Gasteiger partial charge on any atom is 0.161 e. The van der Waals surface area contributed by atoms with Crippen molar-refractivity contribution in [1.29, 1.82) is 10.5 Å². The Balaban J connectivity index is 2.22. The minimum Gasteiger partial charge on any atom is -0.490 e. The first kappa shape index (κ1) is 17.4. The lowest BCUT2D eigenvalue weighted by Gasteiger charge is -2.13. The molecule has 120 valence electrons. The predicted octanol–water partition coefficient (Wildman–Crippen LogP) is 4.75. The third-order valence-corrected chi connectivity index (χ3v) is 3.34. The number of halogens is 1. The van der Waals surface area contributed by atoms with Crippen molar-refractivity contribution in [2.45, 2.75) is 13.5 Å². The maximum atomic E-state index is 8.84. The van der Waals surface area contributed by atoms with Crippen LogP contribution in [0.2, 0.25) is 5.02 Å². The number of benzene rings is 2. The molecular formula is C19H15ClN2O2. The van der Waals surface area contributed by atoms with Gasteiger partial charge < -0.3 is 9.47 Å². The summed E-state index contributed by atoms with van der Waals surface area (Å²) in [5, 5.41) is 18.3. The smallest absolute Gasteiger partial charge is 0.161 e. The summed E-state index contributed by atoms with van der Waals surface area (Å²) in [5.41, 5.74) is 1.68. The van der Waals surface area contributed by atoms with Gasteiger partial charge in [-0.1, -0.05) is 29.8 Å². The number of hydrogen-bond donors (Lipinski definition) is 0. The van der Waals surface area contributed by atoms with Gasteiger partial charge >= 0.3 is 0 Å². The van der Waals surface area contributed by atoms with E-state index in [0.29, 0.717) is 35.3 Å². The molecule has 0 fully saturated rings. The highest BCUT2D eigenvalue weighted by Crippen LogP contribution is 2.30. The Morgan fingerprint density at radius 2 is 1.88 bits per heavy atom. The van der Waals surface area contributed by atoms with E-state index in [1.807, 2.05) is 37.3 Å². The van der Waals surface area contributed by atoms with Gasteiger partial charge in [-0.3, -0.25) is 0 Å². The quantitative estimate of drug-likeness (QED) is 0.713. The number of allylic oxidation sites excluding steroid dienone is 1. The van der Waals surface area contributed by atoms with Crippen molar-refractivity contribution >= 4 is 17.7 Å². The minimum atomic E-state index is 0.0324. The van der Waals surface area contributed by atoms with Crippen LogP contribution in [0.25, 0.3) is 6.08 Å². The van der Waals surface area contributed by atoms with E-state index in [-0.39, 0.29) is 5.57 Å². The van der Waals surface area contributed by atoms with E-state index >= 15 is 0 Å². The van der Waals surface area contributed by atoms with Crippen LogP contribution in [0.5, 0.6) is 11.5 Å². The summed E-state index contributed by atoms with van der Waals surface area (Å²) in [6.45, 7) is 2.71. The Morgan fingerprint density at radius 3 is 2.54 bits per heavy atom. The average Bonchev–Trinajstić information content (AvgIpc) is 2.59. The van der Waals surface area contributed by atoms with Crippen LogP contribution >= 0.6 is 11.6 Å². The van der Waals surface area contributed by atoms with Crippen LogP contribution in [0, 0.1) is 22.7 Å². The first-order chi connectivity index (χ1) is 11.7. The van der Waals surface area contributed by atoms with Gasteiger partial charge in [-0.2, -0.15) is 10.5 Å². The van der Waals surface area contributed by atoms with Crippen molar-refractivity contribution in [3.05, 3.63) is 64.2 Å². The second-order valence-electron chi connectivity index (χ2n) is 4.84. The molecule has 0 bridgehead atoms. The maximum absolute atomic E-state index is 8.84. The number of rotatable bonds is 6. The number of ether oxygens (including phenoxy) is 2. The van der Waals surface area contributed by atoms with E-state index in [2.05, 4.69) is 0 Å². The molecule has 0 aliphatic rings. The van der Waals surface area contributed by atoms with Crippen molar-refractivity contribution in [1.82, 2.24) is 0 Å². The molecule has 0 amide bonds. The van der Waals surface area contributed by atoms with E-state index in [1.165, 1.54) is 6.08 Å². The second-order valence-corrected chi connectivity index (χ2v) is 5.28. The molecule has 0 saturated heterocycles. The summed E-state index contributed by atoms with van der Waals surface area (Å²) in [5.74, 6) is 1.15. The molecule has 0 aliphatic heterocycles. The Labute approximate surface area is 146 Å². The largest absolute Gasteiger partial charge is 0.490 e. The van der Waals surface area contributed by atoms with Crippen molar-refractivity contribution in [2.24, 2.45) is 0 Å². The molecule has 0 atom stereocenters. The Hall–Kier alpha value is -2.95. The fourth-order valence-corrected chi connectivity index (χ4v) is 2.26. The average molecular weight is 339 g/mol. The zero-order chi connectivity index (χ0) is 17.4. The van der Waals surface area contributed by atoms with Gasteiger partial charge in [0.2, 0.25) is 0 Å². The normalized spacial score (nSPS) is 9.50. The van der Waals surface area contributed by atoms with Gasteiger partial charge in [0.1, 0.15) is 24.3 Å². The zero-order valence-electron chi connectivity index (χ0n) is 13.1. The van der Waals surface area contributed by atoms with Crippen LogP contribution in [0.15, 0.2) is 48.0 Å². The predicted molar refractivity (Wildman–Crippen MR) is 92.6 cm³/mol. The molecule has 5 heteroatoms. The van der Waals surface area contributed by atoms with E-state index in [0.717, 1.165) is 5.56 Å². The lowest BCUT2D eigenvalue weighted by Crippen LogP contribution is -2.00. The van der Waals surface area contributed by atoms with Crippen LogP contribution in [0.1, 0.15) is 18.1 Å². The molecule has 0 radical (unpaired) electrons. The van der Waals surface area contributed by atoms with E-state index in [9.17, 15) is 0 Å². The molecule has 2 rings (SSSR count). The van der Waals surface area contributed by atoms with Crippen LogP contribution in [0.3, 0.4) is 0 Å². The van der Waals surface area contributed by atoms with Crippen molar-refractivity contribution in [3.63, 3.8) is 0 Å². The van der Waals surface area contributed by atoms with E-state index < -0.39 is 0 Å². The standard InChI is InChI=1S/C19H15ClN2O2/c1-2-23-19-10-14(8-16(11-21)12-22)6-7-18(19)24-13-15-4-3-5-17(20)9-15/h3-10H,2,13H2,1H3. The highest BCUT2D eigenvalue weighted by atomic mass is 35.5. The summed E-state index contributed by atoms with van der Waals surface area (Å²) in [6, 6.07) is 16.4. The van der Waals surface area contributed by atoms with Crippen LogP contribution in [0.4, 0.5) is 0 Å². The Kier molecular flexibility index (Phi) is 6.25. The van der Waals surface area contributed by atoms with Crippen LogP contribution in [-0.2, 0) is 6.61 Å². The monoisotopic (exact) mass is 338 g/mol. The van der Waals surface area contributed by atoms with Gasteiger partial charge in [0.25, 0.3) is 0 Å². The molecule has 4 nitrogen and oxygen atoms in total. The number of nitriles is 2. The van der Waals surface area contributed by atoms with Gasteiger partial charge in [0.05, 0.1) is 6.61 Å². The molecule has 0 spiro atoms. The molecule has 2 aromatic rings. The molecule has 0 aliphatic carbocycles. The zero-order valence-corrected chi connectivity index (χ0v) is 13.9. The fraction of sp³-hybridized carbons (Fsp3) is 0.158. The van der Waals surface area contributed by atoms with Crippen LogP contribution < -0.4 is 9.47 Å². The van der Waals surface area contributed by atoms with Crippen molar-refractivity contribution in [2.75, 3.05) is 6.61 Å². The first-order valence-electron chi connectivity index (χ1n) is 7.32. The molecule has 0 N–H and O–H groups in total. The summed E-state index contributed by atoms with van der Waals surface area (Å²) in [4.78, 5) is 0. The first-order valence-corrected chi connectivity index (χ1v) is 7.70. The van der Waals surface area contributed by atoms with Gasteiger partial charge in [-0.05, 0) is 48.4 Å². The highest BCUT2D eigenvalue weighted by molar-refractivity contribution is 6.30. The summed E-state index contributed by atoms with van der Waals surface area (Å²) in [6.07, 6.45) is 1.50. The lowest BCUT2D eigenvalue weighted by atomic mass is 10.1. The number of nitrogens with zero attached hydrogens (tertiary/aromatic N) is 2. The molecule has 0 aromatic heterocycles. The summed E-state index contributed by atoms with van der Waals surface area (Å²) >= 11 is 5.96. The summed E-state index contributed by atoms with van der Waals surface area (Å²) < 4.78 is 11.4. The SMILES string of the molecule is CCOc1cc(C=C(C#N)C#N)ccc1OCc1cccc(Cl)c1. The molecule has 0 heterocycles. The molecule has 2 aromatic carbocycles. The Bertz CT molecular complexity index is 816. The molecule has 0 saturated carbocycles. The van der Waals surface area contributed by atoms with Gasteiger partial charge in [-0.25, -0.2) is 0 Å². The van der Waals surface area contributed by atoms with Crippen molar-refractivity contribution < 1.29 is 9.47 Å². The van der Waals surface area contributed by atoms with E-state index in [1.54, 1.807) is 24.3 Å². The number of hydrogen-bond acceptors (Lipinski definition) is 4. The van der Waals surface area contributed by atoms with E-state index in [4.69, 9.17) is 31.6 Å². The molecular weight excluding hydrogens is 324 g/mol. The van der Waals surface area contributed by atoms with Crippen LogP contribution in [-0.4, -0.2) is 6.61 Å². The molecule has 0 unspecified atom stereocenters. The van der Waals surface area contributed by atoms with Gasteiger partial charge in [0, 0.05) is 5.02 Å². The lowest BCUT2D eigenvalue weighted by molar-refractivity contribution is 0.269. The summed E-state index contributed by atoms with van der Waals surface area (Å²) in [7, 11) is 0. The fourth-order valence-electron chi connectivity index (χ4n) is 2.05. The minimum absolute atomic E-state index is 0.0324. The van der Waals surface area contributed by atoms with Crippen molar-refractivity contribution in [3.8, 4) is 23.6 Å². The highest BCUT2D eigenvalue weighted by Gasteiger charge is 2.07. The third kappa shape index (κ3) is 4.78. The van der Waals surface area contributed by atoms with Gasteiger partial charge in [-0.15, -0.1) is 0 Å². The Morgan fingerprint density at radius 1 is 1.08 bits per heavy atom. The second kappa shape index (κ2) is 8.62. The molecule has 24 heavy (non-hydrogen) atoms. The van der Waals surface area contributed by atoms with Gasteiger partial charge in [0.15, 0.2) is 11.5 Å². The topological polar surface area (TPSA) is 66.0 Å².